The largest absolute Gasteiger partial charge is 0.370 e. The van der Waals surface area contributed by atoms with E-state index in [1.165, 1.54) is 25.7 Å². The number of nitrogens with one attached hydrogen (secondary N) is 1. The van der Waals surface area contributed by atoms with Crippen molar-refractivity contribution in [3.05, 3.63) is 18.3 Å². The summed E-state index contributed by atoms with van der Waals surface area (Å²) in [4.78, 5) is 18.7. The van der Waals surface area contributed by atoms with Crippen molar-refractivity contribution in [2.75, 3.05) is 23.3 Å². The second-order valence-electron chi connectivity index (χ2n) is 6.51. The zero-order chi connectivity index (χ0) is 14.6. The van der Waals surface area contributed by atoms with Crippen molar-refractivity contribution in [3.63, 3.8) is 0 Å². The molecule has 1 aromatic heterocycles. The monoisotopic (exact) mass is 275 g/mol. The highest BCUT2D eigenvalue weighted by molar-refractivity contribution is 5.93. The van der Waals surface area contributed by atoms with Crippen LogP contribution in [0.1, 0.15) is 46.5 Å². The van der Waals surface area contributed by atoms with Gasteiger partial charge in [0.05, 0.1) is 11.9 Å². The Morgan fingerprint density at radius 2 is 1.80 bits per heavy atom. The number of nitrogens with zero attached hydrogens (tertiary/aromatic N) is 2. The van der Waals surface area contributed by atoms with E-state index in [1.54, 1.807) is 0 Å². The van der Waals surface area contributed by atoms with Gasteiger partial charge in [-0.3, -0.25) is 4.79 Å². The molecule has 0 atom stereocenters. The Balaban J connectivity index is 2.00. The molecule has 1 N–H and O–H groups in total. The van der Waals surface area contributed by atoms with Gasteiger partial charge in [0.1, 0.15) is 5.82 Å². The fourth-order valence-corrected chi connectivity index (χ4v) is 2.28. The number of aromatic nitrogens is 1. The first-order valence-electron chi connectivity index (χ1n) is 7.49. The molecule has 4 nitrogen and oxygen atoms in total. The lowest BCUT2D eigenvalue weighted by Crippen LogP contribution is -2.28. The number of hydrogen-bond donors (Lipinski definition) is 1. The predicted octanol–water partition coefficient (Wildman–Crippen LogP) is 3.45. The molecule has 1 fully saturated rings. The summed E-state index contributed by atoms with van der Waals surface area (Å²) in [5.74, 6) is 0.621. The summed E-state index contributed by atoms with van der Waals surface area (Å²) in [7, 11) is 0. The second-order valence-corrected chi connectivity index (χ2v) is 6.51. The van der Waals surface area contributed by atoms with E-state index in [9.17, 15) is 4.79 Å². The van der Waals surface area contributed by atoms with Crippen LogP contribution < -0.4 is 10.2 Å². The molecule has 1 aliphatic heterocycles. The highest BCUT2D eigenvalue weighted by Gasteiger charge is 2.21. The minimum atomic E-state index is -0.398. The maximum Gasteiger partial charge on any atom is 0.230 e. The van der Waals surface area contributed by atoms with Gasteiger partial charge in [0.15, 0.2) is 0 Å². The fourth-order valence-electron chi connectivity index (χ4n) is 2.28. The van der Waals surface area contributed by atoms with Gasteiger partial charge in [-0.05, 0) is 25.0 Å². The molecule has 0 bridgehead atoms. The Morgan fingerprint density at radius 3 is 2.30 bits per heavy atom. The van der Waals surface area contributed by atoms with E-state index in [0.29, 0.717) is 5.82 Å². The molecule has 110 valence electrons. The zero-order valence-corrected chi connectivity index (χ0v) is 12.8. The first-order chi connectivity index (χ1) is 9.47. The van der Waals surface area contributed by atoms with E-state index < -0.39 is 5.41 Å². The number of rotatable bonds is 2. The SMILES string of the molecule is CC(C)(C)C(=O)Nc1ccc(N2CCCCCC2)cn1. The van der Waals surface area contributed by atoms with Crippen LogP contribution in [-0.4, -0.2) is 24.0 Å². The molecule has 0 aliphatic carbocycles. The van der Waals surface area contributed by atoms with Crippen LogP contribution in [0.3, 0.4) is 0 Å². The summed E-state index contributed by atoms with van der Waals surface area (Å²) < 4.78 is 0. The summed E-state index contributed by atoms with van der Waals surface area (Å²) >= 11 is 0. The van der Waals surface area contributed by atoms with Crippen molar-refractivity contribution in [1.29, 1.82) is 0 Å². The molecule has 1 aliphatic rings. The van der Waals surface area contributed by atoms with E-state index in [2.05, 4.69) is 21.3 Å². The van der Waals surface area contributed by atoms with Gasteiger partial charge >= 0.3 is 0 Å². The minimum absolute atomic E-state index is 0.00692. The Morgan fingerprint density at radius 1 is 1.15 bits per heavy atom. The summed E-state index contributed by atoms with van der Waals surface area (Å²) in [6.07, 6.45) is 7.02. The van der Waals surface area contributed by atoms with E-state index in [0.717, 1.165) is 18.8 Å². The standard InChI is InChI=1S/C16H25N3O/c1-16(2,3)15(20)18-14-9-8-13(12-17-14)19-10-6-4-5-7-11-19/h8-9,12H,4-7,10-11H2,1-3H3,(H,17,18,20). The van der Waals surface area contributed by atoms with Crippen molar-refractivity contribution in [3.8, 4) is 0 Å². The van der Waals surface area contributed by atoms with Crippen LogP contribution in [0.2, 0.25) is 0 Å². The molecule has 0 saturated carbocycles. The third-order valence-corrected chi connectivity index (χ3v) is 3.64. The fraction of sp³-hybridized carbons (Fsp3) is 0.625. The third-order valence-electron chi connectivity index (χ3n) is 3.64. The lowest BCUT2D eigenvalue weighted by atomic mass is 9.96. The normalized spacial score (nSPS) is 16.6. The van der Waals surface area contributed by atoms with Crippen molar-refractivity contribution < 1.29 is 4.79 Å². The minimum Gasteiger partial charge on any atom is -0.370 e. The number of carbonyl (C=O) groups is 1. The molecule has 0 unspecified atom stereocenters. The van der Waals surface area contributed by atoms with E-state index in [4.69, 9.17) is 0 Å². The van der Waals surface area contributed by atoms with Crippen molar-refractivity contribution in [1.82, 2.24) is 4.98 Å². The Hall–Kier alpha value is -1.58. The molecule has 2 heterocycles. The number of amides is 1. The lowest BCUT2D eigenvalue weighted by Gasteiger charge is -2.22. The first-order valence-corrected chi connectivity index (χ1v) is 7.49. The number of hydrogen-bond acceptors (Lipinski definition) is 3. The molecule has 1 amide bonds. The van der Waals surface area contributed by atoms with Gasteiger partial charge in [-0.1, -0.05) is 33.6 Å². The predicted molar refractivity (Wildman–Crippen MR) is 83.0 cm³/mol. The highest BCUT2D eigenvalue weighted by Crippen LogP contribution is 2.21. The van der Waals surface area contributed by atoms with Crippen molar-refractivity contribution >= 4 is 17.4 Å². The molecular weight excluding hydrogens is 250 g/mol. The van der Waals surface area contributed by atoms with Gasteiger partial charge in [-0.25, -0.2) is 4.98 Å². The summed E-state index contributed by atoms with van der Waals surface area (Å²) in [5, 5.41) is 2.86. The second kappa shape index (κ2) is 6.25. The summed E-state index contributed by atoms with van der Waals surface area (Å²) in [5.41, 5.74) is 0.756. The van der Waals surface area contributed by atoms with Crippen LogP contribution in [0.25, 0.3) is 0 Å². The topological polar surface area (TPSA) is 45.2 Å². The number of anilines is 2. The van der Waals surface area contributed by atoms with Gasteiger partial charge in [0.25, 0.3) is 0 Å². The molecule has 0 radical (unpaired) electrons. The van der Waals surface area contributed by atoms with E-state index in [1.807, 2.05) is 33.0 Å². The molecule has 20 heavy (non-hydrogen) atoms. The molecule has 1 saturated heterocycles. The van der Waals surface area contributed by atoms with E-state index >= 15 is 0 Å². The van der Waals surface area contributed by atoms with Gasteiger partial charge < -0.3 is 10.2 Å². The van der Waals surface area contributed by atoms with Crippen molar-refractivity contribution in [2.24, 2.45) is 5.41 Å². The average molecular weight is 275 g/mol. The van der Waals surface area contributed by atoms with Gasteiger partial charge in [-0.15, -0.1) is 0 Å². The van der Waals surface area contributed by atoms with Crippen LogP contribution in [0.4, 0.5) is 11.5 Å². The Labute approximate surface area is 121 Å². The van der Waals surface area contributed by atoms with E-state index in [-0.39, 0.29) is 5.91 Å². The average Bonchev–Trinajstić information content (AvgIpc) is 2.67. The maximum atomic E-state index is 11.9. The van der Waals surface area contributed by atoms with Crippen LogP contribution in [0.15, 0.2) is 18.3 Å². The van der Waals surface area contributed by atoms with Gasteiger partial charge in [-0.2, -0.15) is 0 Å². The van der Waals surface area contributed by atoms with Crippen LogP contribution >= 0.6 is 0 Å². The Bertz CT molecular complexity index is 440. The molecule has 0 spiro atoms. The first kappa shape index (κ1) is 14.8. The maximum absolute atomic E-state index is 11.9. The Kier molecular flexibility index (Phi) is 4.63. The quantitative estimate of drug-likeness (QED) is 0.899. The van der Waals surface area contributed by atoms with Gasteiger partial charge in [0, 0.05) is 18.5 Å². The highest BCUT2D eigenvalue weighted by atomic mass is 16.2. The molecular formula is C16H25N3O. The van der Waals surface area contributed by atoms with Crippen LogP contribution in [-0.2, 0) is 4.79 Å². The summed E-state index contributed by atoms with van der Waals surface area (Å²) in [6.45, 7) is 7.90. The zero-order valence-electron chi connectivity index (χ0n) is 12.8. The lowest BCUT2D eigenvalue weighted by molar-refractivity contribution is -0.123. The molecule has 1 aromatic rings. The van der Waals surface area contributed by atoms with Crippen LogP contribution in [0.5, 0.6) is 0 Å². The smallest absolute Gasteiger partial charge is 0.230 e. The van der Waals surface area contributed by atoms with Crippen molar-refractivity contribution in [2.45, 2.75) is 46.5 Å². The summed E-state index contributed by atoms with van der Waals surface area (Å²) in [6, 6.07) is 3.94. The molecule has 2 rings (SSSR count). The molecule has 4 heteroatoms. The molecule has 0 aromatic carbocycles. The number of carbonyl (C=O) groups excluding carboxylic acids is 1. The number of pyridine rings is 1. The van der Waals surface area contributed by atoms with Gasteiger partial charge in [0.2, 0.25) is 5.91 Å². The van der Waals surface area contributed by atoms with Crippen LogP contribution in [0, 0.1) is 5.41 Å². The third kappa shape index (κ3) is 3.95.